The van der Waals surface area contributed by atoms with Crippen molar-refractivity contribution in [1.29, 1.82) is 0 Å². The van der Waals surface area contributed by atoms with Crippen LogP contribution in [0.2, 0.25) is 5.02 Å². The second kappa shape index (κ2) is 4.52. The maximum atomic E-state index is 11.9. The predicted molar refractivity (Wildman–Crippen MR) is 70.6 cm³/mol. The van der Waals surface area contributed by atoms with Crippen LogP contribution in [-0.4, -0.2) is 10.3 Å². The molecular formula is C12H12ClNOS. The van der Waals surface area contributed by atoms with Crippen LogP contribution in [0.15, 0.2) is 34.1 Å². The van der Waals surface area contributed by atoms with Crippen molar-refractivity contribution < 1.29 is 0 Å². The number of thioether (sulfide) groups is 1. The average Bonchev–Trinajstić information content (AvgIpc) is 2.26. The van der Waals surface area contributed by atoms with E-state index in [9.17, 15) is 4.79 Å². The molecule has 16 heavy (non-hydrogen) atoms. The summed E-state index contributed by atoms with van der Waals surface area (Å²) in [5, 5.41) is 2.27. The summed E-state index contributed by atoms with van der Waals surface area (Å²) in [4.78, 5) is 13.1. The largest absolute Gasteiger partial charge is 0.317 e. The summed E-state index contributed by atoms with van der Waals surface area (Å²) >= 11 is 7.65. The highest BCUT2D eigenvalue weighted by atomic mass is 35.5. The quantitative estimate of drug-likeness (QED) is 0.766. The fraction of sp³-hybridized carbons (Fsp3) is 0.250. The minimum Gasteiger partial charge on any atom is -0.317 e. The summed E-state index contributed by atoms with van der Waals surface area (Å²) in [6.07, 6.45) is 1.88. The summed E-state index contributed by atoms with van der Waals surface area (Å²) in [5.41, 5.74) is -0.00190. The number of nitrogens with zero attached hydrogens (tertiary/aromatic N) is 1. The zero-order valence-corrected chi connectivity index (χ0v) is 10.7. The molecule has 0 saturated carbocycles. The van der Waals surface area contributed by atoms with Gasteiger partial charge in [0, 0.05) is 33.9 Å². The molecule has 1 heterocycles. The number of benzene rings is 1. The van der Waals surface area contributed by atoms with Gasteiger partial charge in [0.1, 0.15) is 0 Å². The third kappa shape index (κ3) is 1.97. The Balaban J connectivity index is 2.84. The Hall–Kier alpha value is -0.930. The van der Waals surface area contributed by atoms with Gasteiger partial charge in [0.05, 0.1) is 0 Å². The first-order chi connectivity index (χ1) is 7.63. The Kier molecular flexibility index (Phi) is 3.26. The Bertz CT molecular complexity index is 591. The highest BCUT2D eigenvalue weighted by Gasteiger charge is 2.07. The first-order valence-corrected chi connectivity index (χ1v) is 6.41. The first kappa shape index (κ1) is 11.6. The standard InChI is InChI=1S/C12H12ClNOS/c1-3-16-11-7-14(2)12(15)10-6-8(13)4-5-9(10)11/h4-7H,3H2,1-2H3. The van der Waals surface area contributed by atoms with Gasteiger partial charge in [0.15, 0.2) is 0 Å². The Morgan fingerprint density at radius 1 is 1.38 bits per heavy atom. The van der Waals surface area contributed by atoms with E-state index in [1.807, 2.05) is 18.3 Å². The van der Waals surface area contributed by atoms with E-state index in [0.29, 0.717) is 10.4 Å². The lowest BCUT2D eigenvalue weighted by atomic mass is 10.2. The van der Waals surface area contributed by atoms with E-state index in [2.05, 4.69) is 6.92 Å². The molecule has 0 bridgehead atoms. The van der Waals surface area contributed by atoms with Gasteiger partial charge in [-0.25, -0.2) is 0 Å². The number of rotatable bonds is 2. The van der Waals surface area contributed by atoms with Gasteiger partial charge in [-0.3, -0.25) is 4.79 Å². The van der Waals surface area contributed by atoms with Gasteiger partial charge < -0.3 is 4.57 Å². The van der Waals surface area contributed by atoms with Gasteiger partial charge in [-0.15, -0.1) is 11.8 Å². The molecule has 2 aromatic rings. The molecule has 0 radical (unpaired) electrons. The molecule has 0 spiro atoms. The third-order valence-electron chi connectivity index (χ3n) is 2.41. The zero-order chi connectivity index (χ0) is 11.7. The number of halogens is 1. The van der Waals surface area contributed by atoms with E-state index in [0.717, 1.165) is 16.0 Å². The highest BCUT2D eigenvalue weighted by molar-refractivity contribution is 7.99. The molecular weight excluding hydrogens is 242 g/mol. The number of aryl methyl sites for hydroxylation is 1. The van der Waals surface area contributed by atoms with Gasteiger partial charge in [-0.1, -0.05) is 24.6 Å². The van der Waals surface area contributed by atoms with Gasteiger partial charge in [0.25, 0.3) is 5.56 Å². The lowest BCUT2D eigenvalue weighted by Gasteiger charge is -2.08. The van der Waals surface area contributed by atoms with Crippen LogP contribution in [0, 0.1) is 0 Å². The van der Waals surface area contributed by atoms with Crippen molar-refractivity contribution in [1.82, 2.24) is 4.57 Å². The molecule has 1 aromatic heterocycles. The molecule has 0 fully saturated rings. The summed E-state index contributed by atoms with van der Waals surface area (Å²) in [6, 6.07) is 5.47. The molecule has 84 valence electrons. The third-order valence-corrected chi connectivity index (χ3v) is 3.57. The number of hydrogen-bond acceptors (Lipinski definition) is 2. The maximum absolute atomic E-state index is 11.9. The zero-order valence-electron chi connectivity index (χ0n) is 9.16. The minimum atomic E-state index is -0.00190. The lowest BCUT2D eigenvalue weighted by molar-refractivity contribution is 0.856. The molecule has 0 saturated heterocycles. The lowest BCUT2D eigenvalue weighted by Crippen LogP contribution is -2.16. The van der Waals surface area contributed by atoms with Crippen molar-refractivity contribution in [3.63, 3.8) is 0 Å². The van der Waals surface area contributed by atoms with Gasteiger partial charge in [-0.2, -0.15) is 0 Å². The first-order valence-electron chi connectivity index (χ1n) is 5.05. The van der Waals surface area contributed by atoms with Crippen molar-refractivity contribution >= 4 is 34.1 Å². The van der Waals surface area contributed by atoms with E-state index in [-0.39, 0.29) is 5.56 Å². The van der Waals surface area contributed by atoms with Crippen molar-refractivity contribution in [3.05, 3.63) is 39.8 Å². The van der Waals surface area contributed by atoms with E-state index in [4.69, 9.17) is 11.6 Å². The van der Waals surface area contributed by atoms with Crippen LogP contribution in [0.1, 0.15) is 6.92 Å². The molecule has 2 nitrogen and oxygen atoms in total. The molecule has 0 atom stereocenters. The fourth-order valence-corrected chi connectivity index (χ4v) is 2.72. The molecule has 0 unspecified atom stereocenters. The molecule has 2 rings (SSSR count). The summed E-state index contributed by atoms with van der Waals surface area (Å²) in [6.45, 7) is 2.09. The number of aromatic nitrogens is 1. The second-order valence-corrected chi connectivity index (χ2v) is 5.27. The summed E-state index contributed by atoms with van der Waals surface area (Å²) in [5.74, 6) is 0.982. The van der Waals surface area contributed by atoms with E-state index >= 15 is 0 Å². The van der Waals surface area contributed by atoms with E-state index < -0.39 is 0 Å². The molecule has 0 aliphatic rings. The smallest absolute Gasteiger partial charge is 0.258 e. The summed E-state index contributed by atoms with van der Waals surface area (Å²) < 4.78 is 1.61. The molecule has 0 aliphatic carbocycles. The Labute approximate surface area is 103 Å². The maximum Gasteiger partial charge on any atom is 0.258 e. The number of pyridine rings is 1. The van der Waals surface area contributed by atoms with Crippen LogP contribution < -0.4 is 5.56 Å². The summed E-state index contributed by atoms with van der Waals surface area (Å²) in [7, 11) is 1.77. The SMILES string of the molecule is CCSc1cn(C)c(=O)c2cc(Cl)ccc12. The predicted octanol–water partition coefficient (Wildman–Crippen LogP) is 3.30. The van der Waals surface area contributed by atoms with Crippen LogP contribution >= 0.6 is 23.4 Å². The van der Waals surface area contributed by atoms with Crippen LogP contribution in [-0.2, 0) is 7.05 Å². The minimum absolute atomic E-state index is 0.00190. The van der Waals surface area contributed by atoms with Gasteiger partial charge >= 0.3 is 0 Å². The Morgan fingerprint density at radius 3 is 2.81 bits per heavy atom. The van der Waals surface area contributed by atoms with Crippen molar-refractivity contribution in [2.75, 3.05) is 5.75 Å². The molecule has 0 N–H and O–H groups in total. The van der Waals surface area contributed by atoms with Gasteiger partial charge in [0.2, 0.25) is 0 Å². The molecule has 0 amide bonds. The molecule has 1 aromatic carbocycles. The van der Waals surface area contributed by atoms with Crippen LogP contribution in [0.25, 0.3) is 10.8 Å². The van der Waals surface area contributed by atoms with E-state index in [1.165, 1.54) is 0 Å². The van der Waals surface area contributed by atoms with E-state index in [1.54, 1.807) is 29.4 Å². The fourth-order valence-electron chi connectivity index (χ4n) is 1.67. The Morgan fingerprint density at radius 2 is 2.12 bits per heavy atom. The topological polar surface area (TPSA) is 22.0 Å². The van der Waals surface area contributed by atoms with Crippen molar-refractivity contribution in [3.8, 4) is 0 Å². The molecule has 4 heteroatoms. The molecule has 0 aliphatic heterocycles. The highest BCUT2D eigenvalue weighted by Crippen LogP contribution is 2.27. The van der Waals surface area contributed by atoms with Crippen molar-refractivity contribution in [2.45, 2.75) is 11.8 Å². The normalized spacial score (nSPS) is 10.9. The van der Waals surface area contributed by atoms with Crippen LogP contribution in [0.3, 0.4) is 0 Å². The van der Waals surface area contributed by atoms with Crippen molar-refractivity contribution in [2.24, 2.45) is 7.05 Å². The second-order valence-electron chi connectivity index (χ2n) is 3.53. The van der Waals surface area contributed by atoms with Crippen LogP contribution in [0.4, 0.5) is 0 Å². The van der Waals surface area contributed by atoms with Crippen LogP contribution in [0.5, 0.6) is 0 Å². The monoisotopic (exact) mass is 253 g/mol. The number of hydrogen-bond donors (Lipinski definition) is 0. The average molecular weight is 254 g/mol. The van der Waals surface area contributed by atoms with Gasteiger partial charge in [-0.05, 0) is 17.9 Å². The number of fused-ring (bicyclic) bond motifs is 1.